The molecule has 0 spiro atoms. The first-order chi connectivity index (χ1) is 11.5. The highest BCUT2D eigenvalue weighted by molar-refractivity contribution is 6.15. The van der Waals surface area contributed by atoms with Gasteiger partial charge in [0.25, 0.3) is 0 Å². The molecule has 0 aromatic heterocycles. The molecule has 0 fully saturated rings. The van der Waals surface area contributed by atoms with Gasteiger partial charge in [-0.25, -0.2) is 0 Å². The van der Waals surface area contributed by atoms with Crippen molar-refractivity contribution in [3.8, 4) is 0 Å². The molecule has 0 aliphatic rings. The summed E-state index contributed by atoms with van der Waals surface area (Å²) in [6, 6.07) is 0. The number of hydrogen-bond acceptors (Lipinski definition) is 1. The van der Waals surface area contributed by atoms with Gasteiger partial charge in [0.1, 0.15) is 0 Å². The number of unbranched alkanes of at least 4 members (excludes halogenated alkanes) is 13. The third kappa shape index (κ3) is 15.7. The van der Waals surface area contributed by atoms with Crippen LogP contribution in [0.1, 0.15) is 124 Å². The Hall–Kier alpha value is 0.177. The van der Waals surface area contributed by atoms with Crippen LogP contribution in [0.4, 0.5) is 0 Å². The van der Waals surface area contributed by atoms with E-state index in [9.17, 15) is 0 Å². The molecule has 0 saturated carbocycles. The lowest BCUT2D eigenvalue weighted by Crippen LogP contribution is -2.26. The Morgan fingerprint density at radius 2 is 1.04 bits per heavy atom. The van der Waals surface area contributed by atoms with Gasteiger partial charge in [-0.15, -0.1) is 0 Å². The fourth-order valence-electron chi connectivity index (χ4n) is 3.49. The van der Waals surface area contributed by atoms with E-state index in [0.717, 1.165) is 6.61 Å². The van der Waals surface area contributed by atoms with E-state index in [2.05, 4.69) is 27.7 Å². The van der Waals surface area contributed by atoms with Crippen LogP contribution in [-0.2, 0) is 4.74 Å². The summed E-state index contributed by atoms with van der Waals surface area (Å²) < 4.78 is 5.95. The summed E-state index contributed by atoms with van der Waals surface area (Å²) in [4.78, 5) is 0. The molecule has 0 aromatic rings. The van der Waals surface area contributed by atoms with E-state index in [-0.39, 0.29) is 0 Å². The molecule has 0 aliphatic carbocycles. The standard InChI is InChI=1S/C22H48OSi/c1-5-7-8-9-10-11-12-13-14-15-16-17-18-19-20-21(23-6-2)22(3,4)24/h21H,5-20H2,1-4,24H3. The molecule has 0 aliphatic heterocycles. The fourth-order valence-corrected chi connectivity index (χ4v) is 3.95. The van der Waals surface area contributed by atoms with Crippen molar-refractivity contribution < 1.29 is 4.74 Å². The highest BCUT2D eigenvalue weighted by Gasteiger charge is 2.24. The number of hydrogen-bond donors (Lipinski definition) is 0. The van der Waals surface area contributed by atoms with Crippen LogP contribution in [0.5, 0.6) is 0 Å². The average Bonchev–Trinajstić information content (AvgIpc) is 2.53. The molecule has 1 unspecified atom stereocenters. The molecule has 2 heteroatoms. The topological polar surface area (TPSA) is 9.23 Å². The maximum atomic E-state index is 5.95. The van der Waals surface area contributed by atoms with Crippen LogP contribution in [-0.4, -0.2) is 23.0 Å². The zero-order valence-electron chi connectivity index (χ0n) is 17.8. The second kappa shape index (κ2) is 16.6. The van der Waals surface area contributed by atoms with Crippen molar-refractivity contribution >= 4 is 10.2 Å². The summed E-state index contributed by atoms with van der Waals surface area (Å²) in [5.41, 5.74) is 0. The lowest BCUT2D eigenvalue weighted by Gasteiger charge is -2.30. The van der Waals surface area contributed by atoms with Crippen molar-refractivity contribution in [2.24, 2.45) is 0 Å². The minimum Gasteiger partial charge on any atom is -0.378 e. The Balaban J connectivity index is 3.30. The van der Waals surface area contributed by atoms with Gasteiger partial charge < -0.3 is 4.74 Å². The SMILES string of the molecule is CCCCCCCCCCCCCCCCC(OCC)C(C)(C)[SiH3]. The summed E-state index contributed by atoms with van der Waals surface area (Å²) in [5, 5.41) is 0.423. The van der Waals surface area contributed by atoms with E-state index in [1.165, 1.54) is 107 Å². The minimum absolute atomic E-state index is 0.423. The largest absolute Gasteiger partial charge is 0.378 e. The van der Waals surface area contributed by atoms with Gasteiger partial charge in [-0.1, -0.05) is 111 Å². The van der Waals surface area contributed by atoms with Gasteiger partial charge in [0, 0.05) is 16.8 Å². The Morgan fingerprint density at radius 1 is 0.667 bits per heavy atom. The molecule has 24 heavy (non-hydrogen) atoms. The molecule has 1 atom stereocenters. The molecule has 0 amide bonds. The van der Waals surface area contributed by atoms with Crippen LogP contribution < -0.4 is 0 Å². The summed E-state index contributed by atoms with van der Waals surface area (Å²) >= 11 is 0. The van der Waals surface area contributed by atoms with Crippen molar-refractivity contribution in [1.29, 1.82) is 0 Å². The van der Waals surface area contributed by atoms with Crippen molar-refractivity contribution in [3.63, 3.8) is 0 Å². The van der Waals surface area contributed by atoms with Gasteiger partial charge in [0.05, 0.1) is 6.10 Å². The van der Waals surface area contributed by atoms with Crippen molar-refractivity contribution in [1.82, 2.24) is 0 Å². The normalized spacial score (nSPS) is 13.5. The van der Waals surface area contributed by atoms with Crippen LogP contribution in [0.15, 0.2) is 0 Å². The zero-order valence-corrected chi connectivity index (χ0v) is 19.8. The first-order valence-electron chi connectivity index (χ1n) is 11.1. The van der Waals surface area contributed by atoms with Crippen molar-refractivity contribution in [3.05, 3.63) is 0 Å². The molecule has 0 N–H and O–H groups in total. The average molecular weight is 357 g/mol. The van der Waals surface area contributed by atoms with Gasteiger partial charge in [0.15, 0.2) is 0 Å². The van der Waals surface area contributed by atoms with Gasteiger partial charge in [-0.05, 0) is 18.4 Å². The fraction of sp³-hybridized carbons (Fsp3) is 1.00. The first-order valence-corrected chi connectivity index (χ1v) is 12.1. The molecule has 0 saturated heterocycles. The van der Waals surface area contributed by atoms with Crippen LogP contribution >= 0.6 is 0 Å². The molecule has 0 rings (SSSR count). The third-order valence-electron chi connectivity index (χ3n) is 5.15. The molecular formula is C22H48OSi. The first kappa shape index (κ1) is 24.2. The van der Waals surface area contributed by atoms with Crippen LogP contribution in [0.3, 0.4) is 0 Å². The van der Waals surface area contributed by atoms with E-state index in [4.69, 9.17) is 4.74 Å². The van der Waals surface area contributed by atoms with Crippen molar-refractivity contribution in [2.45, 2.75) is 135 Å². The van der Waals surface area contributed by atoms with Gasteiger partial charge in [-0.2, -0.15) is 0 Å². The van der Waals surface area contributed by atoms with E-state index < -0.39 is 0 Å². The quantitative estimate of drug-likeness (QED) is 0.193. The second-order valence-corrected chi connectivity index (χ2v) is 11.3. The Labute approximate surface area is 157 Å². The van der Waals surface area contributed by atoms with Gasteiger partial charge in [0.2, 0.25) is 0 Å². The molecule has 1 nitrogen and oxygen atoms in total. The lowest BCUT2D eigenvalue weighted by atomic mass is 9.98. The smallest absolute Gasteiger partial charge is 0.0593 e. The predicted molar refractivity (Wildman–Crippen MR) is 114 cm³/mol. The molecule has 0 radical (unpaired) electrons. The van der Waals surface area contributed by atoms with E-state index in [1.54, 1.807) is 0 Å². The minimum atomic E-state index is 0.423. The third-order valence-corrected chi connectivity index (χ3v) is 5.80. The zero-order chi connectivity index (χ0) is 18.1. The van der Waals surface area contributed by atoms with Gasteiger partial charge >= 0.3 is 0 Å². The molecule has 0 bridgehead atoms. The molecule has 0 heterocycles. The van der Waals surface area contributed by atoms with E-state index in [1.807, 2.05) is 0 Å². The Morgan fingerprint density at radius 3 is 1.38 bits per heavy atom. The summed E-state index contributed by atoms with van der Waals surface area (Å²) in [6.07, 6.45) is 21.9. The maximum Gasteiger partial charge on any atom is 0.0593 e. The van der Waals surface area contributed by atoms with Gasteiger partial charge in [-0.3, -0.25) is 0 Å². The number of rotatable bonds is 18. The number of ether oxygens (including phenoxy) is 1. The monoisotopic (exact) mass is 356 g/mol. The predicted octanol–water partition coefficient (Wildman–Crippen LogP) is 6.83. The van der Waals surface area contributed by atoms with Crippen molar-refractivity contribution in [2.75, 3.05) is 6.61 Å². The summed E-state index contributed by atoms with van der Waals surface area (Å²) in [5.74, 6) is 0. The lowest BCUT2D eigenvalue weighted by molar-refractivity contribution is 0.0295. The highest BCUT2D eigenvalue weighted by atomic mass is 28.1. The molecule has 146 valence electrons. The molecule has 0 aromatic carbocycles. The van der Waals surface area contributed by atoms with Crippen LogP contribution in [0.25, 0.3) is 0 Å². The maximum absolute atomic E-state index is 5.95. The molecular weight excluding hydrogens is 308 g/mol. The summed E-state index contributed by atoms with van der Waals surface area (Å²) in [6.45, 7) is 10.0. The van der Waals surface area contributed by atoms with E-state index in [0.29, 0.717) is 11.1 Å². The van der Waals surface area contributed by atoms with E-state index >= 15 is 0 Å². The summed E-state index contributed by atoms with van der Waals surface area (Å²) in [7, 11) is 1.22. The second-order valence-electron chi connectivity index (χ2n) is 8.69. The highest BCUT2D eigenvalue weighted by Crippen LogP contribution is 2.30. The van der Waals surface area contributed by atoms with Crippen LogP contribution in [0.2, 0.25) is 5.04 Å². The Bertz CT molecular complexity index is 247. The Kier molecular flexibility index (Phi) is 16.8. The van der Waals surface area contributed by atoms with Crippen LogP contribution in [0, 0.1) is 0 Å².